The lowest BCUT2D eigenvalue weighted by Crippen LogP contribution is -2.41. The maximum absolute atomic E-state index is 6.17. The smallest absolute Gasteiger partial charge is 0.491 e. The minimum absolute atomic E-state index is 0.359. The second kappa shape index (κ2) is 7.17. The first-order valence-corrected chi connectivity index (χ1v) is 8.17. The van der Waals surface area contributed by atoms with Crippen LogP contribution in [0.5, 0.6) is 11.5 Å². The molecule has 0 amide bonds. The van der Waals surface area contributed by atoms with Crippen molar-refractivity contribution < 1.29 is 18.8 Å². The van der Waals surface area contributed by atoms with Gasteiger partial charge in [-0.05, 0) is 57.9 Å². The van der Waals surface area contributed by atoms with Gasteiger partial charge in [0.25, 0.3) is 0 Å². The molecule has 0 saturated carbocycles. The average Bonchev–Trinajstić information content (AvgIpc) is 2.74. The highest BCUT2D eigenvalue weighted by molar-refractivity contribution is 6.55. The zero-order valence-corrected chi connectivity index (χ0v) is 15.7. The van der Waals surface area contributed by atoms with Gasteiger partial charge in [-0.1, -0.05) is 12.1 Å². The van der Waals surface area contributed by atoms with Crippen molar-refractivity contribution in [3.05, 3.63) is 29.2 Å². The third-order valence-corrected chi connectivity index (χ3v) is 4.70. The summed E-state index contributed by atoms with van der Waals surface area (Å²) in [5, 5.41) is 3.19. The van der Waals surface area contributed by atoms with Crippen LogP contribution >= 0.6 is 0 Å². The van der Waals surface area contributed by atoms with Crippen LogP contribution in [0.1, 0.15) is 33.3 Å². The molecule has 0 aliphatic carbocycles. The fraction of sp³-hybridized carbons (Fsp3) is 0.556. The fourth-order valence-electron chi connectivity index (χ4n) is 2.56. The van der Waals surface area contributed by atoms with Gasteiger partial charge >= 0.3 is 7.12 Å². The van der Waals surface area contributed by atoms with E-state index in [4.69, 9.17) is 18.8 Å². The van der Waals surface area contributed by atoms with Crippen molar-refractivity contribution in [3.8, 4) is 11.5 Å². The molecule has 6 heteroatoms. The van der Waals surface area contributed by atoms with Gasteiger partial charge in [0.15, 0.2) is 11.5 Å². The van der Waals surface area contributed by atoms with E-state index in [1.165, 1.54) is 0 Å². The molecule has 0 bridgehead atoms. The Hall–Kier alpha value is -1.50. The number of rotatable bonds is 6. The van der Waals surface area contributed by atoms with Crippen molar-refractivity contribution >= 4 is 13.2 Å². The van der Waals surface area contributed by atoms with E-state index >= 15 is 0 Å². The van der Waals surface area contributed by atoms with Gasteiger partial charge in [-0.3, -0.25) is 0 Å². The molecule has 0 spiro atoms. The summed E-state index contributed by atoms with van der Waals surface area (Å²) in [7, 11) is 4.79. The molecule has 0 radical (unpaired) electrons. The van der Waals surface area contributed by atoms with Gasteiger partial charge in [-0.15, -0.1) is 0 Å². The van der Waals surface area contributed by atoms with Crippen molar-refractivity contribution in [3.63, 3.8) is 0 Å². The summed E-state index contributed by atoms with van der Waals surface area (Å²) < 4.78 is 23.0. The zero-order chi connectivity index (χ0) is 18.0. The Morgan fingerprint density at radius 2 is 1.67 bits per heavy atom. The van der Waals surface area contributed by atoms with Crippen molar-refractivity contribution in [1.82, 2.24) is 5.32 Å². The summed E-state index contributed by atoms with van der Waals surface area (Å²) in [5.41, 5.74) is 1.32. The molecule has 1 heterocycles. The van der Waals surface area contributed by atoms with Gasteiger partial charge in [0.2, 0.25) is 0 Å². The third-order valence-electron chi connectivity index (χ3n) is 4.70. The Kier molecular flexibility index (Phi) is 5.63. The van der Waals surface area contributed by atoms with E-state index in [0.29, 0.717) is 18.0 Å². The minimum Gasteiger partial charge on any atom is -0.493 e. The lowest BCUT2D eigenvalue weighted by Gasteiger charge is -2.32. The molecule has 0 aromatic heterocycles. The molecule has 0 atom stereocenters. The van der Waals surface area contributed by atoms with Crippen LogP contribution in [0, 0.1) is 0 Å². The van der Waals surface area contributed by atoms with E-state index < -0.39 is 0 Å². The van der Waals surface area contributed by atoms with Gasteiger partial charge in [0.1, 0.15) is 0 Å². The van der Waals surface area contributed by atoms with E-state index in [-0.39, 0.29) is 18.3 Å². The summed E-state index contributed by atoms with van der Waals surface area (Å²) >= 11 is 0. The van der Waals surface area contributed by atoms with Crippen LogP contribution in [0.2, 0.25) is 0 Å². The van der Waals surface area contributed by atoms with Gasteiger partial charge in [0.05, 0.1) is 25.4 Å². The lowest BCUT2D eigenvalue weighted by molar-refractivity contribution is 0.00578. The molecule has 1 fully saturated rings. The molecule has 1 aromatic rings. The van der Waals surface area contributed by atoms with Crippen LogP contribution < -0.4 is 14.8 Å². The zero-order valence-electron chi connectivity index (χ0n) is 15.7. The monoisotopic (exact) mass is 333 g/mol. The predicted octanol–water partition coefficient (Wildman–Crippen LogP) is 2.94. The van der Waals surface area contributed by atoms with Crippen LogP contribution in [0.25, 0.3) is 6.08 Å². The topological polar surface area (TPSA) is 49.0 Å². The number of hydrogen-bond acceptors (Lipinski definition) is 5. The van der Waals surface area contributed by atoms with Gasteiger partial charge < -0.3 is 24.1 Å². The van der Waals surface area contributed by atoms with Crippen molar-refractivity contribution in [2.75, 3.05) is 27.8 Å². The first kappa shape index (κ1) is 18.8. The highest BCUT2D eigenvalue weighted by Crippen LogP contribution is 2.39. The molecule has 132 valence electrons. The molecule has 1 aromatic carbocycles. The van der Waals surface area contributed by atoms with E-state index in [1.807, 2.05) is 25.2 Å². The van der Waals surface area contributed by atoms with Gasteiger partial charge in [-0.25, -0.2) is 0 Å². The first-order valence-electron chi connectivity index (χ1n) is 8.17. The molecular weight excluding hydrogens is 305 g/mol. The highest BCUT2D eigenvalue weighted by Gasteiger charge is 2.52. The number of benzene rings is 1. The van der Waals surface area contributed by atoms with Gasteiger partial charge in [-0.2, -0.15) is 0 Å². The molecular formula is C18H28BNO4. The average molecular weight is 333 g/mol. The largest absolute Gasteiger partial charge is 0.493 e. The van der Waals surface area contributed by atoms with E-state index in [2.05, 4.69) is 39.1 Å². The van der Waals surface area contributed by atoms with Crippen molar-refractivity contribution in [1.29, 1.82) is 0 Å². The highest BCUT2D eigenvalue weighted by atomic mass is 16.7. The summed E-state index contributed by atoms with van der Waals surface area (Å²) in [5.74, 6) is 1.41. The summed E-state index contributed by atoms with van der Waals surface area (Å²) in [6.07, 6.45) is 2.07. The standard InChI is InChI=1S/C18H28BNO4/c1-17(2)18(3,4)24-19(23-17)14(12-20-5)10-13-8-9-15(21-6)16(11-13)22-7/h8-11,20H,12H2,1-7H3. The Balaban J connectivity index is 2.33. The number of nitrogens with one attached hydrogen (secondary N) is 1. The molecule has 24 heavy (non-hydrogen) atoms. The Labute approximate surface area is 145 Å². The van der Waals surface area contributed by atoms with Crippen molar-refractivity contribution in [2.45, 2.75) is 38.9 Å². The number of hydrogen-bond donors (Lipinski definition) is 1. The van der Waals surface area contributed by atoms with E-state index in [9.17, 15) is 0 Å². The number of likely N-dealkylation sites (N-methyl/N-ethyl adjacent to an activating group) is 1. The quantitative estimate of drug-likeness (QED) is 0.811. The minimum atomic E-state index is -0.379. The third kappa shape index (κ3) is 3.77. The fourth-order valence-corrected chi connectivity index (χ4v) is 2.56. The van der Waals surface area contributed by atoms with E-state index in [0.717, 1.165) is 11.0 Å². The molecule has 1 saturated heterocycles. The summed E-state index contributed by atoms with van der Waals surface area (Å²) in [4.78, 5) is 0. The number of ether oxygens (including phenoxy) is 2. The summed E-state index contributed by atoms with van der Waals surface area (Å²) in [6.45, 7) is 8.90. The van der Waals surface area contributed by atoms with E-state index in [1.54, 1.807) is 14.2 Å². The second-order valence-electron chi connectivity index (χ2n) is 6.95. The van der Waals surface area contributed by atoms with Crippen LogP contribution in [-0.2, 0) is 9.31 Å². The number of methoxy groups -OCH3 is 2. The maximum atomic E-state index is 6.17. The molecule has 5 nitrogen and oxygen atoms in total. The van der Waals surface area contributed by atoms with Crippen LogP contribution in [-0.4, -0.2) is 46.1 Å². The van der Waals surface area contributed by atoms with Gasteiger partial charge in [0, 0.05) is 6.54 Å². The molecule has 1 aliphatic heterocycles. The molecule has 1 N–H and O–H groups in total. The second-order valence-corrected chi connectivity index (χ2v) is 6.95. The van der Waals surface area contributed by atoms with Crippen LogP contribution in [0.4, 0.5) is 0 Å². The molecule has 2 rings (SSSR count). The molecule has 1 aliphatic rings. The lowest BCUT2D eigenvalue weighted by atomic mass is 9.77. The molecule has 0 unspecified atom stereocenters. The van der Waals surface area contributed by atoms with Crippen LogP contribution in [0.3, 0.4) is 0 Å². The van der Waals surface area contributed by atoms with Crippen molar-refractivity contribution in [2.24, 2.45) is 0 Å². The van der Waals surface area contributed by atoms with Crippen LogP contribution in [0.15, 0.2) is 23.7 Å². The predicted molar refractivity (Wildman–Crippen MR) is 97.5 cm³/mol. The Morgan fingerprint density at radius 1 is 1.08 bits per heavy atom. The normalized spacial score (nSPS) is 19.5. The summed E-state index contributed by atoms with van der Waals surface area (Å²) in [6, 6.07) is 5.83. The Bertz CT molecular complexity index is 597. The maximum Gasteiger partial charge on any atom is 0.491 e. The Morgan fingerprint density at radius 3 is 2.17 bits per heavy atom. The SMILES string of the molecule is CNCC(=Cc1ccc(OC)c(OC)c1)B1OC(C)(C)C(C)(C)O1. The first-order chi connectivity index (χ1) is 11.2.